The molecule has 1 aliphatic rings. The molecule has 5 nitrogen and oxygen atoms in total. The largest absolute Gasteiger partial charge is 0.468 e. The SMILES string of the molecule is O=C(NCc1ccccc1)C1CN(Cc2ccco2)CCN1. The van der Waals surface area contributed by atoms with Crippen LogP contribution in [0.3, 0.4) is 0 Å². The topological polar surface area (TPSA) is 57.5 Å². The maximum Gasteiger partial charge on any atom is 0.238 e. The van der Waals surface area contributed by atoms with E-state index in [1.165, 1.54) is 0 Å². The summed E-state index contributed by atoms with van der Waals surface area (Å²) in [6.45, 7) is 3.74. The molecule has 22 heavy (non-hydrogen) atoms. The average molecular weight is 299 g/mol. The molecule has 1 aromatic heterocycles. The molecule has 1 amide bonds. The average Bonchev–Trinajstić information content (AvgIpc) is 3.07. The van der Waals surface area contributed by atoms with Crippen molar-refractivity contribution in [3.05, 3.63) is 60.1 Å². The molecule has 0 radical (unpaired) electrons. The fourth-order valence-electron chi connectivity index (χ4n) is 2.66. The van der Waals surface area contributed by atoms with Gasteiger partial charge in [-0.25, -0.2) is 0 Å². The third-order valence-corrected chi connectivity index (χ3v) is 3.85. The van der Waals surface area contributed by atoms with Gasteiger partial charge in [-0.3, -0.25) is 9.69 Å². The van der Waals surface area contributed by atoms with E-state index >= 15 is 0 Å². The van der Waals surface area contributed by atoms with Gasteiger partial charge in [0.2, 0.25) is 5.91 Å². The number of carbonyl (C=O) groups excluding carboxylic acids is 1. The maximum atomic E-state index is 12.3. The van der Waals surface area contributed by atoms with Crippen LogP contribution in [0.15, 0.2) is 53.1 Å². The first kappa shape index (κ1) is 14.8. The van der Waals surface area contributed by atoms with Gasteiger partial charge in [0.15, 0.2) is 0 Å². The highest BCUT2D eigenvalue weighted by Gasteiger charge is 2.25. The lowest BCUT2D eigenvalue weighted by molar-refractivity contribution is -0.124. The van der Waals surface area contributed by atoms with Gasteiger partial charge in [-0.2, -0.15) is 0 Å². The van der Waals surface area contributed by atoms with Crippen LogP contribution in [0.1, 0.15) is 11.3 Å². The molecule has 2 heterocycles. The number of hydrogen-bond acceptors (Lipinski definition) is 4. The predicted molar refractivity (Wildman–Crippen MR) is 84.1 cm³/mol. The van der Waals surface area contributed by atoms with Crippen molar-refractivity contribution in [1.82, 2.24) is 15.5 Å². The van der Waals surface area contributed by atoms with E-state index in [1.807, 2.05) is 42.5 Å². The van der Waals surface area contributed by atoms with E-state index in [1.54, 1.807) is 6.26 Å². The summed E-state index contributed by atoms with van der Waals surface area (Å²) < 4.78 is 5.37. The van der Waals surface area contributed by atoms with Crippen LogP contribution in [0.5, 0.6) is 0 Å². The molecule has 1 fully saturated rings. The van der Waals surface area contributed by atoms with E-state index in [0.717, 1.165) is 31.0 Å². The fraction of sp³-hybridized carbons (Fsp3) is 0.353. The van der Waals surface area contributed by atoms with Crippen LogP contribution < -0.4 is 10.6 Å². The summed E-state index contributed by atoms with van der Waals surface area (Å²) in [5.41, 5.74) is 1.11. The number of amides is 1. The number of carbonyl (C=O) groups is 1. The second-order valence-corrected chi connectivity index (χ2v) is 5.52. The molecule has 5 heteroatoms. The first-order chi connectivity index (χ1) is 10.8. The van der Waals surface area contributed by atoms with E-state index in [-0.39, 0.29) is 11.9 Å². The minimum atomic E-state index is -0.174. The van der Waals surface area contributed by atoms with Gasteiger partial charge in [-0.1, -0.05) is 30.3 Å². The molecule has 2 N–H and O–H groups in total. The number of nitrogens with one attached hydrogen (secondary N) is 2. The normalized spacial score (nSPS) is 19.0. The molecule has 0 aliphatic carbocycles. The predicted octanol–water partition coefficient (Wildman–Crippen LogP) is 1.37. The monoisotopic (exact) mass is 299 g/mol. The zero-order chi connectivity index (χ0) is 15.2. The summed E-state index contributed by atoms with van der Waals surface area (Å²) in [6, 6.07) is 13.6. The molecule has 0 saturated carbocycles. The fourth-order valence-corrected chi connectivity index (χ4v) is 2.66. The number of piperazine rings is 1. The number of hydrogen-bond donors (Lipinski definition) is 2. The van der Waals surface area contributed by atoms with E-state index in [0.29, 0.717) is 13.1 Å². The third kappa shape index (κ3) is 3.96. The number of nitrogens with zero attached hydrogens (tertiary/aromatic N) is 1. The second-order valence-electron chi connectivity index (χ2n) is 5.52. The van der Waals surface area contributed by atoms with Crippen LogP contribution >= 0.6 is 0 Å². The van der Waals surface area contributed by atoms with Crippen LogP contribution in [0.25, 0.3) is 0 Å². The van der Waals surface area contributed by atoms with Crippen molar-refractivity contribution in [2.45, 2.75) is 19.1 Å². The number of benzene rings is 1. The zero-order valence-electron chi connectivity index (χ0n) is 12.5. The van der Waals surface area contributed by atoms with Crippen molar-refractivity contribution in [3.8, 4) is 0 Å². The van der Waals surface area contributed by atoms with E-state index in [9.17, 15) is 4.79 Å². The van der Waals surface area contributed by atoms with Crippen LogP contribution in [-0.2, 0) is 17.9 Å². The summed E-state index contributed by atoms with van der Waals surface area (Å²) in [6.07, 6.45) is 1.68. The lowest BCUT2D eigenvalue weighted by atomic mass is 10.1. The third-order valence-electron chi connectivity index (χ3n) is 3.85. The van der Waals surface area contributed by atoms with Crippen molar-refractivity contribution in [1.29, 1.82) is 0 Å². The van der Waals surface area contributed by atoms with Gasteiger partial charge < -0.3 is 15.1 Å². The Kier molecular flexibility index (Phi) is 4.88. The summed E-state index contributed by atoms with van der Waals surface area (Å²) in [5, 5.41) is 6.28. The Morgan fingerprint density at radius 1 is 1.27 bits per heavy atom. The van der Waals surface area contributed by atoms with Crippen molar-refractivity contribution in [2.75, 3.05) is 19.6 Å². The molecule has 1 saturated heterocycles. The van der Waals surface area contributed by atoms with Gasteiger partial charge in [0.05, 0.1) is 18.8 Å². The van der Waals surface area contributed by atoms with Gasteiger partial charge in [0, 0.05) is 26.2 Å². The molecular weight excluding hydrogens is 278 g/mol. The van der Waals surface area contributed by atoms with E-state index in [4.69, 9.17) is 4.42 Å². The molecule has 1 atom stereocenters. The Morgan fingerprint density at radius 3 is 2.91 bits per heavy atom. The molecule has 3 rings (SSSR count). The van der Waals surface area contributed by atoms with Crippen LogP contribution in [0.2, 0.25) is 0 Å². The van der Waals surface area contributed by atoms with Crippen LogP contribution in [0, 0.1) is 0 Å². The minimum Gasteiger partial charge on any atom is -0.468 e. The highest BCUT2D eigenvalue weighted by molar-refractivity contribution is 5.82. The lowest BCUT2D eigenvalue weighted by Crippen LogP contribution is -2.56. The quantitative estimate of drug-likeness (QED) is 0.875. The molecular formula is C17H21N3O2. The summed E-state index contributed by atoms with van der Waals surface area (Å²) >= 11 is 0. The molecule has 1 unspecified atom stereocenters. The molecule has 1 aromatic carbocycles. The summed E-state index contributed by atoms with van der Waals surface area (Å²) in [5.74, 6) is 0.985. The van der Waals surface area contributed by atoms with Crippen LogP contribution in [0.4, 0.5) is 0 Å². The van der Waals surface area contributed by atoms with Gasteiger partial charge >= 0.3 is 0 Å². The van der Waals surface area contributed by atoms with E-state index < -0.39 is 0 Å². The molecule has 0 bridgehead atoms. The molecule has 1 aliphatic heterocycles. The Hall–Kier alpha value is -2.11. The highest BCUT2D eigenvalue weighted by atomic mass is 16.3. The Labute approximate surface area is 130 Å². The van der Waals surface area contributed by atoms with E-state index in [2.05, 4.69) is 15.5 Å². The van der Waals surface area contributed by atoms with Crippen molar-refractivity contribution in [2.24, 2.45) is 0 Å². The first-order valence-corrected chi connectivity index (χ1v) is 7.61. The lowest BCUT2D eigenvalue weighted by Gasteiger charge is -2.32. The molecule has 2 aromatic rings. The number of rotatable bonds is 5. The Bertz CT molecular complexity index is 583. The van der Waals surface area contributed by atoms with Crippen LogP contribution in [-0.4, -0.2) is 36.5 Å². The molecule has 0 spiro atoms. The van der Waals surface area contributed by atoms with Gasteiger partial charge in [0.1, 0.15) is 5.76 Å². The Morgan fingerprint density at radius 2 is 2.14 bits per heavy atom. The summed E-state index contributed by atoms with van der Waals surface area (Å²) in [7, 11) is 0. The zero-order valence-corrected chi connectivity index (χ0v) is 12.5. The standard InChI is InChI=1S/C17H21N3O2/c21-17(19-11-14-5-2-1-3-6-14)16-13-20(9-8-18-16)12-15-7-4-10-22-15/h1-7,10,16,18H,8-9,11-13H2,(H,19,21). The van der Waals surface area contributed by atoms with Gasteiger partial charge in [-0.15, -0.1) is 0 Å². The first-order valence-electron chi connectivity index (χ1n) is 7.61. The molecule has 116 valence electrons. The smallest absolute Gasteiger partial charge is 0.238 e. The Balaban J connectivity index is 1.49. The van der Waals surface area contributed by atoms with Crippen molar-refractivity contribution < 1.29 is 9.21 Å². The number of furan rings is 1. The van der Waals surface area contributed by atoms with Crippen molar-refractivity contribution >= 4 is 5.91 Å². The minimum absolute atomic E-state index is 0.0491. The van der Waals surface area contributed by atoms with Crippen molar-refractivity contribution in [3.63, 3.8) is 0 Å². The maximum absolute atomic E-state index is 12.3. The van der Waals surface area contributed by atoms with Gasteiger partial charge in [-0.05, 0) is 17.7 Å². The highest BCUT2D eigenvalue weighted by Crippen LogP contribution is 2.08. The second kappa shape index (κ2) is 7.24. The summed E-state index contributed by atoms with van der Waals surface area (Å²) in [4.78, 5) is 14.5. The van der Waals surface area contributed by atoms with Gasteiger partial charge in [0.25, 0.3) is 0 Å².